The first-order chi connectivity index (χ1) is 10.5. The van der Waals surface area contributed by atoms with E-state index in [1.165, 1.54) is 7.11 Å². The van der Waals surface area contributed by atoms with Crippen LogP contribution in [-0.2, 0) is 9.53 Å². The SMILES string of the molecule is COC(=O)NC(=O)[C@H](C)N1CCN(c2cccc(Cl)c2)CC1. The molecule has 0 bridgehead atoms. The number of halogens is 1. The number of ether oxygens (including phenoxy) is 1. The van der Waals surface area contributed by atoms with Crippen molar-refractivity contribution in [2.24, 2.45) is 0 Å². The number of carbonyl (C=O) groups excluding carboxylic acids is 2. The number of imide groups is 1. The van der Waals surface area contributed by atoms with Gasteiger partial charge in [-0.2, -0.15) is 0 Å². The molecule has 1 fully saturated rings. The Morgan fingerprint density at radius 2 is 1.95 bits per heavy atom. The zero-order chi connectivity index (χ0) is 16.1. The number of methoxy groups -OCH3 is 1. The molecule has 0 unspecified atom stereocenters. The number of nitrogens with one attached hydrogen (secondary N) is 1. The predicted octanol–water partition coefficient (Wildman–Crippen LogP) is 1.73. The lowest BCUT2D eigenvalue weighted by atomic mass is 10.2. The standard InChI is InChI=1S/C15H20ClN3O3/c1-11(14(20)17-15(21)22-2)18-6-8-19(9-7-18)13-5-3-4-12(16)10-13/h3-5,10-11H,6-9H2,1-2H3,(H,17,20,21)/t11-/m0/s1. The van der Waals surface area contributed by atoms with Gasteiger partial charge in [0.05, 0.1) is 13.2 Å². The third kappa shape index (κ3) is 4.11. The first-order valence-corrected chi connectivity index (χ1v) is 7.52. The van der Waals surface area contributed by atoms with E-state index in [9.17, 15) is 9.59 Å². The average molecular weight is 326 g/mol. The minimum absolute atomic E-state index is 0.344. The van der Waals surface area contributed by atoms with Crippen molar-refractivity contribution in [1.82, 2.24) is 10.2 Å². The summed E-state index contributed by atoms with van der Waals surface area (Å²) in [5.41, 5.74) is 1.08. The molecule has 1 aromatic rings. The van der Waals surface area contributed by atoms with Gasteiger partial charge < -0.3 is 9.64 Å². The monoisotopic (exact) mass is 325 g/mol. The first kappa shape index (κ1) is 16.6. The van der Waals surface area contributed by atoms with Crippen molar-refractivity contribution in [3.63, 3.8) is 0 Å². The molecule has 0 saturated carbocycles. The Morgan fingerprint density at radius 3 is 2.55 bits per heavy atom. The molecule has 0 radical (unpaired) electrons. The summed E-state index contributed by atoms with van der Waals surface area (Å²) in [4.78, 5) is 27.3. The second-order valence-corrected chi connectivity index (χ2v) is 5.60. The molecule has 2 rings (SSSR count). The van der Waals surface area contributed by atoms with Crippen LogP contribution in [0.15, 0.2) is 24.3 Å². The van der Waals surface area contributed by atoms with Crippen molar-refractivity contribution < 1.29 is 14.3 Å². The van der Waals surface area contributed by atoms with Crippen molar-refractivity contribution in [2.75, 3.05) is 38.2 Å². The van der Waals surface area contributed by atoms with Gasteiger partial charge in [-0.05, 0) is 25.1 Å². The third-order valence-corrected chi connectivity index (χ3v) is 4.06. The van der Waals surface area contributed by atoms with E-state index < -0.39 is 6.09 Å². The van der Waals surface area contributed by atoms with Gasteiger partial charge in [-0.3, -0.25) is 15.0 Å². The summed E-state index contributed by atoms with van der Waals surface area (Å²) in [6.07, 6.45) is -0.727. The number of alkyl carbamates (subject to hydrolysis) is 1. The lowest BCUT2D eigenvalue weighted by molar-refractivity contribution is -0.125. The first-order valence-electron chi connectivity index (χ1n) is 7.14. The third-order valence-electron chi connectivity index (χ3n) is 3.83. The molecule has 1 atom stereocenters. The number of carbonyl (C=O) groups is 2. The van der Waals surface area contributed by atoms with Crippen molar-refractivity contribution in [1.29, 1.82) is 0 Å². The van der Waals surface area contributed by atoms with Crippen LogP contribution in [0.25, 0.3) is 0 Å². The molecule has 1 N–H and O–H groups in total. The number of anilines is 1. The number of rotatable bonds is 3. The number of piperazine rings is 1. The Labute approximate surface area is 135 Å². The Kier molecular flexibility index (Phi) is 5.63. The molecule has 1 heterocycles. The van der Waals surface area contributed by atoms with Crippen LogP contribution in [-0.4, -0.2) is 56.2 Å². The van der Waals surface area contributed by atoms with Crippen LogP contribution in [0.2, 0.25) is 5.02 Å². The lowest BCUT2D eigenvalue weighted by Crippen LogP contribution is -2.54. The lowest BCUT2D eigenvalue weighted by Gasteiger charge is -2.38. The van der Waals surface area contributed by atoms with Crippen LogP contribution in [0.3, 0.4) is 0 Å². The molecule has 6 nitrogen and oxygen atoms in total. The Balaban J connectivity index is 1.89. The molecule has 1 aliphatic heterocycles. The number of nitrogens with zero attached hydrogens (tertiary/aromatic N) is 2. The second kappa shape index (κ2) is 7.47. The summed E-state index contributed by atoms with van der Waals surface area (Å²) in [5, 5.41) is 2.92. The molecule has 2 amide bonds. The minimum atomic E-state index is -0.727. The van der Waals surface area contributed by atoms with Gasteiger partial charge in [0.1, 0.15) is 0 Å². The molecule has 0 spiro atoms. The second-order valence-electron chi connectivity index (χ2n) is 5.16. The highest BCUT2D eigenvalue weighted by atomic mass is 35.5. The summed E-state index contributed by atoms with van der Waals surface area (Å²) in [6.45, 7) is 4.87. The zero-order valence-electron chi connectivity index (χ0n) is 12.7. The van der Waals surface area contributed by atoms with Crippen LogP contribution < -0.4 is 10.2 Å². The maximum Gasteiger partial charge on any atom is 0.413 e. The van der Waals surface area contributed by atoms with Gasteiger partial charge in [0.2, 0.25) is 5.91 Å². The Bertz CT molecular complexity index is 545. The highest BCUT2D eigenvalue weighted by Crippen LogP contribution is 2.21. The maximum atomic E-state index is 11.9. The quantitative estimate of drug-likeness (QED) is 0.917. The summed E-state index contributed by atoms with van der Waals surface area (Å²) in [7, 11) is 1.23. The van der Waals surface area contributed by atoms with E-state index in [-0.39, 0.29) is 11.9 Å². The Hall–Kier alpha value is -1.79. The minimum Gasteiger partial charge on any atom is -0.453 e. The van der Waals surface area contributed by atoms with E-state index in [1.807, 2.05) is 29.2 Å². The molecule has 1 aromatic carbocycles. The number of hydrogen-bond acceptors (Lipinski definition) is 5. The van der Waals surface area contributed by atoms with Gasteiger partial charge in [0.25, 0.3) is 0 Å². The fraction of sp³-hybridized carbons (Fsp3) is 0.467. The van der Waals surface area contributed by atoms with Gasteiger partial charge in [0.15, 0.2) is 0 Å². The maximum absolute atomic E-state index is 11.9. The number of amides is 2. The number of hydrogen-bond donors (Lipinski definition) is 1. The number of benzene rings is 1. The van der Waals surface area contributed by atoms with Gasteiger partial charge in [-0.15, -0.1) is 0 Å². The summed E-state index contributed by atoms with van der Waals surface area (Å²) < 4.78 is 4.43. The highest BCUT2D eigenvalue weighted by Gasteiger charge is 2.26. The van der Waals surface area contributed by atoms with E-state index >= 15 is 0 Å². The molecule has 1 aliphatic rings. The van der Waals surface area contributed by atoms with Crippen LogP contribution in [0.1, 0.15) is 6.92 Å². The van der Waals surface area contributed by atoms with Crippen molar-refractivity contribution in [2.45, 2.75) is 13.0 Å². The van der Waals surface area contributed by atoms with Crippen LogP contribution in [0.5, 0.6) is 0 Å². The summed E-state index contributed by atoms with van der Waals surface area (Å²) in [6, 6.07) is 7.36. The van der Waals surface area contributed by atoms with Crippen LogP contribution in [0, 0.1) is 0 Å². The van der Waals surface area contributed by atoms with Crippen LogP contribution >= 0.6 is 11.6 Å². The average Bonchev–Trinajstić information content (AvgIpc) is 2.54. The summed E-state index contributed by atoms with van der Waals surface area (Å²) >= 11 is 6.01. The van der Waals surface area contributed by atoms with E-state index in [1.54, 1.807) is 6.92 Å². The largest absolute Gasteiger partial charge is 0.453 e. The molecular weight excluding hydrogens is 306 g/mol. The topological polar surface area (TPSA) is 61.9 Å². The van der Waals surface area contributed by atoms with Gasteiger partial charge >= 0.3 is 6.09 Å². The zero-order valence-corrected chi connectivity index (χ0v) is 13.5. The van der Waals surface area contributed by atoms with Gasteiger partial charge in [-0.1, -0.05) is 17.7 Å². The fourth-order valence-electron chi connectivity index (χ4n) is 2.46. The van der Waals surface area contributed by atoms with Crippen molar-refractivity contribution in [3.8, 4) is 0 Å². The molecule has 0 aliphatic carbocycles. The molecular formula is C15H20ClN3O3. The highest BCUT2D eigenvalue weighted by molar-refractivity contribution is 6.30. The fourth-order valence-corrected chi connectivity index (χ4v) is 2.65. The van der Waals surface area contributed by atoms with Crippen molar-refractivity contribution >= 4 is 29.3 Å². The molecule has 7 heteroatoms. The smallest absolute Gasteiger partial charge is 0.413 e. The van der Waals surface area contributed by atoms with Gasteiger partial charge in [-0.25, -0.2) is 4.79 Å². The van der Waals surface area contributed by atoms with Crippen molar-refractivity contribution in [3.05, 3.63) is 29.3 Å². The normalized spacial score (nSPS) is 17.0. The van der Waals surface area contributed by atoms with Gasteiger partial charge in [0, 0.05) is 36.9 Å². The van der Waals surface area contributed by atoms with E-state index in [4.69, 9.17) is 11.6 Å². The summed E-state index contributed by atoms with van der Waals surface area (Å²) in [5.74, 6) is -0.344. The van der Waals surface area contributed by atoms with E-state index in [0.717, 1.165) is 31.9 Å². The van der Waals surface area contributed by atoms with Crippen LogP contribution in [0.4, 0.5) is 10.5 Å². The van der Waals surface area contributed by atoms with E-state index in [0.29, 0.717) is 5.02 Å². The molecule has 1 saturated heterocycles. The molecule has 0 aromatic heterocycles. The predicted molar refractivity (Wildman–Crippen MR) is 85.2 cm³/mol. The molecule has 120 valence electrons. The Morgan fingerprint density at radius 1 is 1.27 bits per heavy atom. The molecule has 22 heavy (non-hydrogen) atoms. The van der Waals surface area contributed by atoms with E-state index in [2.05, 4.69) is 15.0 Å².